The number of carbonyl (C=O) groups is 2. The third-order valence-corrected chi connectivity index (χ3v) is 4.42. The van der Waals surface area contributed by atoms with Gasteiger partial charge in [-0.15, -0.1) is 0 Å². The van der Waals surface area contributed by atoms with Crippen molar-refractivity contribution in [3.05, 3.63) is 35.9 Å². The lowest BCUT2D eigenvalue weighted by molar-refractivity contribution is -0.142. The molecule has 4 N–H and O–H groups in total. The van der Waals surface area contributed by atoms with Crippen LogP contribution >= 0.6 is 0 Å². The number of benzene rings is 1. The van der Waals surface area contributed by atoms with Gasteiger partial charge < -0.3 is 16.4 Å². The first kappa shape index (κ1) is 16.5. The maximum atomic E-state index is 12.9. The molecule has 1 aliphatic rings. The Kier molecular flexibility index (Phi) is 5.55. The van der Waals surface area contributed by atoms with Crippen LogP contribution in [-0.2, 0) is 9.59 Å². The SMILES string of the molecule is C[C@H](c1ccccc1)N(CC(N)=O)C(=O)C1CCCC(N)C1. The van der Waals surface area contributed by atoms with Gasteiger partial charge in [-0.25, -0.2) is 0 Å². The van der Waals surface area contributed by atoms with Gasteiger partial charge in [0.05, 0.1) is 12.6 Å². The molecule has 0 spiro atoms. The molecular formula is C17H25N3O2. The van der Waals surface area contributed by atoms with Crippen LogP contribution in [0.25, 0.3) is 0 Å². The number of hydrogen-bond donors (Lipinski definition) is 2. The standard InChI is InChI=1S/C17H25N3O2/c1-12(13-6-3-2-4-7-13)20(11-16(19)21)17(22)14-8-5-9-15(18)10-14/h2-4,6-7,12,14-15H,5,8-11,18H2,1H3,(H2,19,21)/t12-,14?,15?/m1/s1. The summed E-state index contributed by atoms with van der Waals surface area (Å²) in [6, 6.07) is 9.59. The normalized spacial score (nSPS) is 22.8. The van der Waals surface area contributed by atoms with Gasteiger partial charge in [-0.2, -0.15) is 0 Å². The lowest BCUT2D eigenvalue weighted by Crippen LogP contribution is -2.45. The van der Waals surface area contributed by atoms with Crippen LogP contribution in [0.15, 0.2) is 30.3 Å². The van der Waals surface area contributed by atoms with Crippen LogP contribution in [0.3, 0.4) is 0 Å². The van der Waals surface area contributed by atoms with Gasteiger partial charge in [0.15, 0.2) is 0 Å². The summed E-state index contributed by atoms with van der Waals surface area (Å²) in [4.78, 5) is 25.9. The Labute approximate surface area is 131 Å². The summed E-state index contributed by atoms with van der Waals surface area (Å²) in [6.07, 6.45) is 3.45. The van der Waals surface area contributed by atoms with Crippen LogP contribution in [0, 0.1) is 5.92 Å². The first-order chi connectivity index (χ1) is 10.5. The summed E-state index contributed by atoms with van der Waals surface area (Å²) in [7, 11) is 0. The Morgan fingerprint density at radius 2 is 1.95 bits per heavy atom. The van der Waals surface area contributed by atoms with Crippen LogP contribution in [0.5, 0.6) is 0 Å². The number of nitrogens with zero attached hydrogens (tertiary/aromatic N) is 1. The van der Waals surface area contributed by atoms with Crippen LogP contribution in [0.4, 0.5) is 0 Å². The first-order valence-electron chi connectivity index (χ1n) is 7.88. The quantitative estimate of drug-likeness (QED) is 0.865. The van der Waals surface area contributed by atoms with E-state index in [0.717, 1.165) is 24.8 Å². The highest BCUT2D eigenvalue weighted by molar-refractivity contribution is 5.85. The van der Waals surface area contributed by atoms with Gasteiger partial charge in [-0.1, -0.05) is 36.8 Å². The average Bonchev–Trinajstić information content (AvgIpc) is 2.52. The molecule has 0 saturated heterocycles. The molecule has 2 rings (SSSR count). The molecule has 1 aliphatic carbocycles. The molecule has 0 aliphatic heterocycles. The number of rotatable bonds is 5. The topological polar surface area (TPSA) is 89.4 Å². The maximum Gasteiger partial charge on any atom is 0.237 e. The van der Waals surface area contributed by atoms with Gasteiger partial charge in [-0.05, 0) is 31.7 Å². The van der Waals surface area contributed by atoms with E-state index in [-0.39, 0.29) is 30.5 Å². The fourth-order valence-electron chi connectivity index (χ4n) is 3.17. The third kappa shape index (κ3) is 4.07. The van der Waals surface area contributed by atoms with E-state index in [0.29, 0.717) is 6.42 Å². The Bertz CT molecular complexity index is 518. The summed E-state index contributed by atoms with van der Waals surface area (Å²) >= 11 is 0. The molecule has 5 heteroatoms. The molecule has 120 valence electrons. The Hall–Kier alpha value is -1.88. The molecule has 1 fully saturated rings. The lowest BCUT2D eigenvalue weighted by atomic mass is 9.85. The van der Waals surface area contributed by atoms with Crippen molar-refractivity contribution < 1.29 is 9.59 Å². The molecule has 0 radical (unpaired) electrons. The summed E-state index contributed by atoms with van der Waals surface area (Å²) in [5, 5.41) is 0. The Morgan fingerprint density at radius 3 is 2.55 bits per heavy atom. The number of hydrogen-bond acceptors (Lipinski definition) is 3. The monoisotopic (exact) mass is 303 g/mol. The predicted octanol–water partition coefficient (Wildman–Crippen LogP) is 1.58. The van der Waals surface area contributed by atoms with E-state index in [1.165, 1.54) is 0 Å². The van der Waals surface area contributed by atoms with E-state index in [4.69, 9.17) is 11.5 Å². The second kappa shape index (κ2) is 7.40. The van der Waals surface area contributed by atoms with Crippen molar-refractivity contribution in [2.45, 2.75) is 44.7 Å². The van der Waals surface area contributed by atoms with Crippen molar-refractivity contribution in [3.8, 4) is 0 Å². The molecule has 1 aromatic carbocycles. The summed E-state index contributed by atoms with van der Waals surface area (Å²) in [5.74, 6) is -0.601. The highest BCUT2D eigenvalue weighted by atomic mass is 16.2. The summed E-state index contributed by atoms with van der Waals surface area (Å²) in [6.45, 7) is 1.87. The van der Waals surface area contributed by atoms with E-state index in [1.54, 1.807) is 4.90 Å². The van der Waals surface area contributed by atoms with E-state index in [1.807, 2.05) is 37.3 Å². The van der Waals surface area contributed by atoms with Crippen LogP contribution in [0.1, 0.15) is 44.2 Å². The fraction of sp³-hybridized carbons (Fsp3) is 0.529. The number of carbonyl (C=O) groups excluding carboxylic acids is 2. The highest BCUT2D eigenvalue weighted by Crippen LogP contribution is 2.28. The summed E-state index contributed by atoms with van der Waals surface area (Å²) in [5.41, 5.74) is 12.3. The number of primary amides is 1. The second-order valence-corrected chi connectivity index (χ2v) is 6.14. The first-order valence-corrected chi connectivity index (χ1v) is 7.88. The third-order valence-electron chi connectivity index (χ3n) is 4.42. The molecule has 3 atom stereocenters. The molecule has 0 bridgehead atoms. The zero-order chi connectivity index (χ0) is 16.1. The smallest absolute Gasteiger partial charge is 0.237 e. The molecule has 0 aromatic heterocycles. The van der Waals surface area contributed by atoms with Crippen molar-refractivity contribution in [2.75, 3.05) is 6.54 Å². The number of amides is 2. The largest absolute Gasteiger partial charge is 0.368 e. The molecule has 0 heterocycles. The molecule has 1 aromatic rings. The van der Waals surface area contributed by atoms with Crippen molar-refractivity contribution in [1.82, 2.24) is 4.90 Å². The van der Waals surface area contributed by atoms with Gasteiger partial charge in [0.1, 0.15) is 0 Å². The van der Waals surface area contributed by atoms with Crippen molar-refractivity contribution in [3.63, 3.8) is 0 Å². The minimum absolute atomic E-state index is 0.00898. The van der Waals surface area contributed by atoms with E-state index in [9.17, 15) is 9.59 Å². The summed E-state index contributed by atoms with van der Waals surface area (Å²) < 4.78 is 0. The van der Waals surface area contributed by atoms with Crippen LogP contribution in [-0.4, -0.2) is 29.3 Å². The zero-order valence-electron chi connectivity index (χ0n) is 13.1. The van der Waals surface area contributed by atoms with Gasteiger partial charge >= 0.3 is 0 Å². The van der Waals surface area contributed by atoms with Gasteiger partial charge in [0.25, 0.3) is 0 Å². The molecule has 1 saturated carbocycles. The van der Waals surface area contributed by atoms with Gasteiger partial charge in [-0.3, -0.25) is 9.59 Å². The van der Waals surface area contributed by atoms with Crippen LogP contribution < -0.4 is 11.5 Å². The van der Waals surface area contributed by atoms with Gasteiger partial charge in [0.2, 0.25) is 11.8 Å². The predicted molar refractivity (Wildman–Crippen MR) is 85.7 cm³/mol. The molecular weight excluding hydrogens is 278 g/mol. The van der Waals surface area contributed by atoms with Crippen molar-refractivity contribution in [2.24, 2.45) is 17.4 Å². The molecule has 2 amide bonds. The van der Waals surface area contributed by atoms with Crippen molar-refractivity contribution >= 4 is 11.8 Å². The average molecular weight is 303 g/mol. The molecule has 5 nitrogen and oxygen atoms in total. The van der Waals surface area contributed by atoms with Gasteiger partial charge in [0, 0.05) is 12.0 Å². The van der Waals surface area contributed by atoms with Crippen molar-refractivity contribution in [1.29, 1.82) is 0 Å². The Balaban J connectivity index is 2.18. The fourth-order valence-corrected chi connectivity index (χ4v) is 3.17. The minimum Gasteiger partial charge on any atom is -0.368 e. The molecule has 2 unspecified atom stereocenters. The minimum atomic E-state index is -0.490. The lowest BCUT2D eigenvalue weighted by Gasteiger charge is -2.34. The maximum absolute atomic E-state index is 12.9. The van der Waals surface area contributed by atoms with Crippen LogP contribution in [0.2, 0.25) is 0 Å². The van der Waals surface area contributed by atoms with E-state index < -0.39 is 5.91 Å². The number of nitrogens with two attached hydrogens (primary N) is 2. The van der Waals surface area contributed by atoms with E-state index in [2.05, 4.69) is 0 Å². The Morgan fingerprint density at radius 1 is 1.27 bits per heavy atom. The van der Waals surface area contributed by atoms with E-state index >= 15 is 0 Å². The second-order valence-electron chi connectivity index (χ2n) is 6.14. The zero-order valence-corrected chi connectivity index (χ0v) is 13.1. The molecule has 22 heavy (non-hydrogen) atoms. The highest BCUT2D eigenvalue weighted by Gasteiger charge is 2.32.